The number of hydrogen-bond donors (Lipinski definition) is 0. The second kappa shape index (κ2) is 32.3. The van der Waals surface area contributed by atoms with E-state index in [1.54, 1.807) is 0 Å². The van der Waals surface area contributed by atoms with Gasteiger partial charge in [-0.2, -0.15) is 0 Å². The molecule has 0 aromatic carbocycles. The van der Waals surface area contributed by atoms with Gasteiger partial charge in [-0.3, -0.25) is 0 Å². The molecule has 0 saturated heterocycles. The normalized spacial score (nSPS) is 0. The van der Waals surface area contributed by atoms with Crippen LogP contribution in [-0.4, -0.2) is 137 Å². The maximum absolute atomic E-state index is 0. The third-order valence-corrected chi connectivity index (χ3v) is 0. The Hall–Kier alpha value is 5.02. The molecule has 0 atom stereocenters. The summed E-state index contributed by atoms with van der Waals surface area (Å²) in [5, 5.41) is 0. The molecule has 0 heterocycles. The Balaban J connectivity index is 0. The van der Waals surface area contributed by atoms with E-state index in [-0.39, 0.29) is 165 Å². The fourth-order valence-corrected chi connectivity index (χ4v) is 0. The average molecular weight is 627 g/mol. The van der Waals surface area contributed by atoms with Crippen molar-refractivity contribution < 1.29 is 28.3 Å². The fourth-order valence-electron chi connectivity index (χ4n) is 0. The average Bonchev–Trinajstić information content (AvgIpc) is 0. The summed E-state index contributed by atoms with van der Waals surface area (Å²) in [5.74, 6) is 0. The van der Waals surface area contributed by atoms with Crippen LogP contribution in [0.3, 0.4) is 0 Å². The molecule has 0 bridgehead atoms. The molecule has 8 radical (unpaired) electrons. The third-order valence-electron chi connectivity index (χ3n) is 0. The van der Waals surface area contributed by atoms with Gasteiger partial charge >= 0.3 is 100 Å². The summed E-state index contributed by atoms with van der Waals surface area (Å²) in [6.45, 7) is 0. The third kappa shape index (κ3) is 23.0. The molecule has 0 rings (SSSR count). The predicted octanol–water partition coefficient (Wildman–Crippen LogP) is -1.19. The molecule has 0 fully saturated rings. The Morgan fingerprint density at radius 1 is 1.17 bits per heavy atom. The van der Waals surface area contributed by atoms with Crippen LogP contribution < -0.4 is 0 Å². The van der Waals surface area contributed by atoms with Crippen LogP contribution in [0, 0.1) is 0 Å². The van der Waals surface area contributed by atoms with Crippen molar-refractivity contribution in [2.75, 3.05) is 0 Å². The molecule has 0 N–H and O–H groups in total. The Kier molecular flexibility index (Phi) is 237. The summed E-state index contributed by atoms with van der Waals surface area (Å²) < 4.78 is 0. The minimum atomic E-state index is 0. The van der Waals surface area contributed by atoms with Gasteiger partial charge in [0, 0.05) is 53.5 Å². The van der Waals surface area contributed by atoms with Gasteiger partial charge < -0.3 is 11.2 Å². The van der Waals surface area contributed by atoms with Crippen molar-refractivity contribution in [3.63, 3.8) is 0 Å². The summed E-state index contributed by atoms with van der Waals surface area (Å²) in [7, 11) is 0. The van der Waals surface area contributed by atoms with Crippen LogP contribution in [0.5, 0.6) is 0 Å². The molecule has 0 aliphatic rings. The number of hydrogen-bond acceptors (Lipinski definition) is 0. The van der Waals surface area contributed by atoms with E-state index in [1.165, 1.54) is 0 Å². The second-order valence-corrected chi connectivity index (χ2v) is 0. The van der Waals surface area contributed by atoms with Gasteiger partial charge in [0.05, 0.1) is 0 Å². The smallest absolute Gasteiger partial charge is 2.00 e. The van der Waals surface area contributed by atoms with Gasteiger partial charge in [0.25, 0.3) is 0 Å². The van der Waals surface area contributed by atoms with Crippen LogP contribution in [0.1, 0.15) is 5.71 Å². The first-order valence-electron chi connectivity index (χ1n) is 0. The van der Waals surface area contributed by atoms with E-state index in [4.69, 9.17) is 0 Å². The monoisotopic (exact) mass is 628 g/mol. The van der Waals surface area contributed by atoms with Crippen LogP contribution in [-0.2, 0) is 22.5 Å². The van der Waals surface area contributed by atoms with Crippen LogP contribution in [0.15, 0.2) is 0 Å². The molecule has 0 spiro atoms. The van der Waals surface area contributed by atoms with E-state index >= 15 is 0 Å². The first-order chi connectivity index (χ1) is 0. The van der Waals surface area contributed by atoms with Crippen molar-refractivity contribution in [3.05, 3.63) is 0 Å². The summed E-state index contributed by atoms with van der Waals surface area (Å²) in [6.07, 6.45) is 0. The molecular formula is H4BiCaCuOPbSr. The van der Waals surface area contributed by atoms with E-state index < -0.39 is 0 Å². The van der Waals surface area contributed by atoms with Crippen LogP contribution in [0.25, 0.3) is 0 Å². The summed E-state index contributed by atoms with van der Waals surface area (Å²) in [4.78, 5) is 0. The van der Waals surface area contributed by atoms with Gasteiger partial charge in [-0.05, 0) is 0 Å². The predicted molar refractivity (Wildman–Crippen MR) is 28.2 cm³/mol. The van der Waals surface area contributed by atoms with E-state index in [9.17, 15) is 0 Å². The zero-order valence-electron chi connectivity index (χ0n) is 7.07. The summed E-state index contributed by atoms with van der Waals surface area (Å²) >= 11 is 0. The van der Waals surface area contributed by atoms with Crippen molar-refractivity contribution in [1.29, 1.82) is 0 Å². The second-order valence-electron chi connectivity index (χ2n) is 0. The molecule has 0 aliphatic carbocycles. The molecule has 34 valence electrons. The van der Waals surface area contributed by atoms with Crippen LogP contribution in [0.2, 0.25) is 0 Å². The van der Waals surface area contributed by atoms with Crippen molar-refractivity contribution in [1.82, 2.24) is 0 Å². The van der Waals surface area contributed by atoms with E-state index in [1.807, 2.05) is 0 Å². The van der Waals surface area contributed by atoms with Gasteiger partial charge in [0.2, 0.25) is 0 Å². The van der Waals surface area contributed by atoms with E-state index in [0.717, 1.165) is 0 Å². The fraction of sp³-hybridized carbons (Fsp3) is 0. The van der Waals surface area contributed by atoms with Crippen LogP contribution in [0.4, 0.5) is 0 Å². The Morgan fingerprint density at radius 2 is 1.17 bits per heavy atom. The molecule has 0 aromatic heterocycles. The van der Waals surface area contributed by atoms with E-state index in [0.29, 0.717) is 0 Å². The standard InChI is InChI=1S/Bi.Ca.Cu.O.Pb.Sr.4H/q;2*+2;-2;;+2;4*-1. The first-order valence-corrected chi connectivity index (χ1v) is 0. The maximum Gasteiger partial charge on any atom is 2.00 e. The van der Waals surface area contributed by atoms with Crippen LogP contribution >= 0.6 is 0 Å². The first kappa shape index (κ1) is 43.9. The minimum absolute atomic E-state index is 0. The molecule has 0 saturated carbocycles. The quantitative estimate of drug-likeness (QED) is 0.303. The maximum atomic E-state index is 0. The van der Waals surface area contributed by atoms with Gasteiger partial charge in [0.1, 0.15) is 0 Å². The molecule has 1 nitrogen and oxygen atoms in total. The van der Waals surface area contributed by atoms with Gasteiger partial charge in [-0.1, -0.05) is 0 Å². The molecule has 6 heavy (non-hydrogen) atoms. The molecule has 0 aliphatic heterocycles. The topological polar surface area (TPSA) is 28.5 Å². The summed E-state index contributed by atoms with van der Waals surface area (Å²) in [5.41, 5.74) is 0. The van der Waals surface area contributed by atoms with Crippen molar-refractivity contribution in [2.24, 2.45) is 0 Å². The van der Waals surface area contributed by atoms with Gasteiger partial charge in [-0.15, -0.1) is 0 Å². The molecule has 0 unspecified atom stereocenters. The zero-order chi connectivity index (χ0) is 0. The number of rotatable bonds is 0. The van der Waals surface area contributed by atoms with E-state index in [2.05, 4.69) is 0 Å². The molecule has 0 amide bonds. The van der Waals surface area contributed by atoms with Gasteiger partial charge in [0.15, 0.2) is 0 Å². The summed E-state index contributed by atoms with van der Waals surface area (Å²) in [6, 6.07) is 0. The Morgan fingerprint density at radius 3 is 1.17 bits per heavy atom. The molecular weight excluding hydrogens is 623 g/mol. The SMILES string of the molecule is [Bi].[Ca+2].[Cu+2].[H-].[H-].[H-].[H-].[O-2].[Pb].[Sr+2]. The largest absolute Gasteiger partial charge is 2.00 e. The van der Waals surface area contributed by atoms with Crippen molar-refractivity contribution in [3.8, 4) is 0 Å². The van der Waals surface area contributed by atoms with Crippen molar-refractivity contribution >= 4 is 137 Å². The Labute approximate surface area is 160 Å². The van der Waals surface area contributed by atoms with Gasteiger partial charge in [-0.25, -0.2) is 0 Å². The Bertz CT molecular complexity index is 25.2. The minimum Gasteiger partial charge on any atom is -2.00 e. The molecule has 0 aromatic rings. The molecule has 6 heteroatoms. The zero-order valence-corrected chi connectivity index (χ0v) is 17.1. The van der Waals surface area contributed by atoms with Crippen molar-refractivity contribution in [2.45, 2.75) is 0 Å².